The summed E-state index contributed by atoms with van der Waals surface area (Å²) in [6.07, 6.45) is 0. The van der Waals surface area contributed by atoms with Gasteiger partial charge in [0.1, 0.15) is 5.01 Å². The van der Waals surface area contributed by atoms with Crippen LogP contribution in [0.1, 0.15) is 11.1 Å². The number of para-hydroxylation sites is 2. The van der Waals surface area contributed by atoms with Crippen molar-refractivity contribution < 1.29 is 0 Å². The molecule has 0 aliphatic carbocycles. The first-order valence-electron chi connectivity index (χ1n) is 14.2. The second-order valence-corrected chi connectivity index (χ2v) is 11.5. The van der Waals surface area contributed by atoms with Gasteiger partial charge in [0.15, 0.2) is 0 Å². The number of benzene rings is 6. The first-order valence-corrected chi connectivity index (χ1v) is 15.0. The molecule has 0 atom stereocenters. The Labute approximate surface area is 255 Å². The summed E-state index contributed by atoms with van der Waals surface area (Å²) in [5, 5.41) is 10.2. The Kier molecular flexibility index (Phi) is 7.00. The number of hydrogen-bond donors (Lipinski definition) is 0. The van der Waals surface area contributed by atoms with E-state index in [-0.39, 0.29) is 0 Å². The van der Waals surface area contributed by atoms with Crippen molar-refractivity contribution >= 4 is 38.6 Å². The predicted molar refractivity (Wildman–Crippen MR) is 180 cm³/mol. The van der Waals surface area contributed by atoms with Crippen molar-refractivity contribution in [3.8, 4) is 38.9 Å². The Morgan fingerprint density at radius 1 is 0.605 bits per heavy atom. The minimum atomic E-state index is 0.625. The fourth-order valence-corrected chi connectivity index (χ4v) is 6.41. The molecule has 7 rings (SSSR count). The summed E-state index contributed by atoms with van der Waals surface area (Å²) < 4.78 is 1.07. The number of nitriles is 1. The molecule has 43 heavy (non-hydrogen) atoms. The molecule has 0 saturated carbocycles. The molecule has 7 aromatic rings. The Hall–Kier alpha value is -5.50. The zero-order valence-electron chi connectivity index (χ0n) is 23.6. The van der Waals surface area contributed by atoms with E-state index < -0.39 is 0 Å². The van der Waals surface area contributed by atoms with Crippen LogP contribution in [0, 0.1) is 18.3 Å². The molecule has 0 unspecified atom stereocenters. The van der Waals surface area contributed by atoms with Crippen molar-refractivity contribution in [2.24, 2.45) is 0 Å². The molecular weight excluding hydrogens is 543 g/mol. The van der Waals surface area contributed by atoms with Gasteiger partial charge in [-0.05, 0) is 72.6 Å². The summed E-state index contributed by atoms with van der Waals surface area (Å²) in [7, 11) is 0. The zero-order valence-corrected chi connectivity index (χ0v) is 24.4. The molecule has 0 aliphatic heterocycles. The molecule has 0 saturated heterocycles. The minimum Gasteiger partial charge on any atom is -0.309 e. The van der Waals surface area contributed by atoms with Gasteiger partial charge in [0.25, 0.3) is 0 Å². The molecule has 1 aromatic heterocycles. The van der Waals surface area contributed by atoms with E-state index in [0.29, 0.717) is 5.56 Å². The highest BCUT2D eigenvalue weighted by Crippen LogP contribution is 2.45. The third-order valence-electron chi connectivity index (χ3n) is 7.63. The summed E-state index contributed by atoms with van der Waals surface area (Å²) in [4.78, 5) is 7.21. The molecule has 0 spiro atoms. The van der Waals surface area contributed by atoms with Crippen molar-refractivity contribution in [2.45, 2.75) is 6.92 Å². The van der Waals surface area contributed by atoms with Gasteiger partial charge in [-0.2, -0.15) is 5.26 Å². The molecule has 6 aromatic carbocycles. The van der Waals surface area contributed by atoms with Crippen LogP contribution in [0.15, 0.2) is 146 Å². The van der Waals surface area contributed by atoms with E-state index in [2.05, 4.69) is 145 Å². The SMILES string of the molecule is Cc1ccc(-c2ccccc2N(c2ccc(-c3nc4cc(C#N)ccc4s3)cc2)c2ccccc2-c2ccccc2)cc1. The van der Waals surface area contributed by atoms with Gasteiger partial charge in [-0.25, -0.2) is 4.98 Å². The lowest BCUT2D eigenvalue weighted by Crippen LogP contribution is -2.12. The number of rotatable bonds is 6. The molecule has 4 heteroatoms. The Balaban J connectivity index is 1.39. The van der Waals surface area contributed by atoms with Gasteiger partial charge in [-0.1, -0.05) is 96.6 Å². The molecule has 0 fully saturated rings. The number of thiazole rings is 1. The zero-order chi connectivity index (χ0) is 29.2. The highest BCUT2D eigenvalue weighted by Gasteiger charge is 2.20. The molecule has 0 N–H and O–H groups in total. The van der Waals surface area contributed by atoms with Gasteiger partial charge in [0, 0.05) is 22.4 Å². The maximum Gasteiger partial charge on any atom is 0.124 e. The van der Waals surface area contributed by atoms with Crippen molar-refractivity contribution in [2.75, 3.05) is 4.90 Å². The second kappa shape index (κ2) is 11.4. The van der Waals surface area contributed by atoms with E-state index in [1.54, 1.807) is 11.3 Å². The molecule has 0 aliphatic rings. The van der Waals surface area contributed by atoms with Gasteiger partial charge in [0.05, 0.1) is 33.2 Å². The second-order valence-electron chi connectivity index (χ2n) is 10.5. The summed E-state index contributed by atoms with van der Waals surface area (Å²) in [5.74, 6) is 0. The highest BCUT2D eigenvalue weighted by atomic mass is 32.1. The molecule has 1 heterocycles. The Morgan fingerprint density at radius 2 is 1.19 bits per heavy atom. The number of anilines is 3. The third-order valence-corrected chi connectivity index (χ3v) is 8.71. The van der Waals surface area contributed by atoms with Crippen LogP contribution in [0.4, 0.5) is 17.1 Å². The van der Waals surface area contributed by atoms with E-state index >= 15 is 0 Å². The third kappa shape index (κ3) is 5.19. The van der Waals surface area contributed by atoms with E-state index in [0.717, 1.165) is 49.0 Å². The van der Waals surface area contributed by atoms with Crippen molar-refractivity contribution in [1.82, 2.24) is 4.98 Å². The lowest BCUT2D eigenvalue weighted by Gasteiger charge is -2.30. The standard InChI is InChI=1S/C39H27N3S/c1-27-15-18-30(19-16-27)34-12-6-8-14-37(34)42(36-13-7-5-11-33(36)29-9-3-2-4-10-29)32-22-20-31(21-23-32)39-41-35-25-28(26-40)17-24-38(35)43-39/h2-25H,1H3. The molecule has 3 nitrogen and oxygen atoms in total. The summed E-state index contributed by atoms with van der Waals surface area (Å²) in [6, 6.07) is 53.0. The van der Waals surface area contributed by atoms with E-state index in [1.807, 2.05) is 18.2 Å². The number of hydrogen-bond acceptors (Lipinski definition) is 4. The minimum absolute atomic E-state index is 0.625. The quantitative estimate of drug-likeness (QED) is 0.200. The number of fused-ring (bicyclic) bond motifs is 1. The average Bonchev–Trinajstić information content (AvgIpc) is 3.50. The highest BCUT2D eigenvalue weighted by molar-refractivity contribution is 7.21. The van der Waals surface area contributed by atoms with Crippen LogP contribution in [0.5, 0.6) is 0 Å². The van der Waals surface area contributed by atoms with Crippen LogP contribution in [0.3, 0.4) is 0 Å². The van der Waals surface area contributed by atoms with Crippen molar-refractivity contribution in [3.05, 3.63) is 157 Å². The lowest BCUT2D eigenvalue weighted by atomic mass is 9.98. The normalized spacial score (nSPS) is 10.9. The van der Waals surface area contributed by atoms with E-state index in [4.69, 9.17) is 4.98 Å². The first kappa shape index (κ1) is 26.4. The predicted octanol–water partition coefficient (Wildman–Crippen LogP) is 10.9. The molecule has 204 valence electrons. The summed E-state index contributed by atoms with van der Waals surface area (Å²) in [6.45, 7) is 2.12. The van der Waals surface area contributed by atoms with Crippen LogP contribution >= 0.6 is 11.3 Å². The molecule has 0 amide bonds. The number of aryl methyl sites for hydroxylation is 1. The van der Waals surface area contributed by atoms with E-state index in [1.165, 1.54) is 16.7 Å². The fraction of sp³-hybridized carbons (Fsp3) is 0.0256. The van der Waals surface area contributed by atoms with Gasteiger partial charge < -0.3 is 4.90 Å². The smallest absolute Gasteiger partial charge is 0.124 e. The maximum atomic E-state index is 9.31. The Morgan fingerprint density at radius 3 is 1.84 bits per heavy atom. The Bertz CT molecular complexity index is 2090. The molecule has 0 bridgehead atoms. The topological polar surface area (TPSA) is 39.9 Å². The van der Waals surface area contributed by atoms with Crippen molar-refractivity contribution in [3.63, 3.8) is 0 Å². The van der Waals surface area contributed by atoms with Crippen molar-refractivity contribution in [1.29, 1.82) is 5.26 Å². The van der Waals surface area contributed by atoms with E-state index in [9.17, 15) is 5.26 Å². The van der Waals surface area contributed by atoms with Gasteiger partial charge >= 0.3 is 0 Å². The van der Waals surface area contributed by atoms with Gasteiger partial charge in [-0.3, -0.25) is 0 Å². The molecular formula is C39H27N3S. The first-order chi connectivity index (χ1) is 21.2. The van der Waals surface area contributed by atoms with Crippen LogP contribution in [-0.2, 0) is 0 Å². The van der Waals surface area contributed by atoms with Crippen LogP contribution in [0.2, 0.25) is 0 Å². The average molecular weight is 570 g/mol. The van der Waals surface area contributed by atoms with Gasteiger partial charge in [-0.15, -0.1) is 11.3 Å². The largest absolute Gasteiger partial charge is 0.309 e. The summed E-state index contributed by atoms with van der Waals surface area (Å²) in [5.41, 5.74) is 11.7. The van der Waals surface area contributed by atoms with Gasteiger partial charge in [0.2, 0.25) is 0 Å². The number of aromatic nitrogens is 1. The maximum absolute atomic E-state index is 9.31. The molecule has 0 radical (unpaired) electrons. The summed E-state index contributed by atoms with van der Waals surface area (Å²) >= 11 is 1.64. The number of nitrogens with zero attached hydrogens (tertiary/aromatic N) is 3. The van der Waals surface area contributed by atoms with Crippen LogP contribution < -0.4 is 4.90 Å². The lowest BCUT2D eigenvalue weighted by molar-refractivity contribution is 1.28. The van der Waals surface area contributed by atoms with Crippen LogP contribution in [0.25, 0.3) is 43.0 Å². The monoisotopic (exact) mass is 569 g/mol. The fourth-order valence-electron chi connectivity index (χ4n) is 5.46. The van der Waals surface area contributed by atoms with Crippen LogP contribution in [-0.4, -0.2) is 4.98 Å².